The Morgan fingerprint density at radius 1 is 1.24 bits per heavy atom. The number of carbonyl (C=O) groups excluding carboxylic acids is 1. The van der Waals surface area contributed by atoms with Gasteiger partial charge in [0.25, 0.3) is 5.91 Å². The highest BCUT2D eigenvalue weighted by Gasteiger charge is 2.21. The predicted molar refractivity (Wildman–Crippen MR) is 73.2 cm³/mol. The number of nitrogens with one attached hydrogen (secondary N) is 1. The molecule has 21 heavy (non-hydrogen) atoms. The molecule has 0 atom stereocenters. The van der Waals surface area contributed by atoms with Crippen molar-refractivity contribution in [2.45, 2.75) is 0 Å². The number of anilines is 1. The van der Waals surface area contributed by atoms with E-state index in [-0.39, 0.29) is 15.9 Å². The van der Waals surface area contributed by atoms with Crippen LogP contribution >= 0.6 is 15.9 Å². The molecular formula is C13H7BrF2N2O3. The molecule has 8 heteroatoms. The molecule has 0 bridgehead atoms. The molecule has 5 nitrogen and oxygen atoms in total. The van der Waals surface area contributed by atoms with Gasteiger partial charge in [-0.3, -0.25) is 4.79 Å². The number of amides is 1. The molecule has 1 amide bonds. The van der Waals surface area contributed by atoms with Crippen molar-refractivity contribution in [3.8, 4) is 0 Å². The quantitative estimate of drug-likeness (QED) is 0.885. The van der Waals surface area contributed by atoms with E-state index in [2.05, 4.69) is 26.2 Å². The lowest BCUT2D eigenvalue weighted by atomic mass is 10.1. The summed E-state index contributed by atoms with van der Waals surface area (Å²) in [5.74, 6) is -4.90. The Balaban J connectivity index is 2.38. The molecule has 2 rings (SSSR count). The van der Waals surface area contributed by atoms with E-state index in [0.29, 0.717) is 0 Å². The minimum Gasteiger partial charge on any atom is -0.478 e. The molecule has 0 aliphatic carbocycles. The maximum Gasteiger partial charge on any atom is 0.339 e. The second-order valence-corrected chi connectivity index (χ2v) is 4.82. The molecule has 0 saturated heterocycles. The van der Waals surface area contributed by atoms with Gasteiger partial charge in [0.05, 0.1) is 0 Å². The van der Waals surface area contributed by atoms with E-state index in [1.807, 2.05) is 0 Å². The first-order valence-electron chi connectivity index (χ1n) is 5.54. The maximum absolute atomic E-state index is 13.7. The molecule has 0 saturated carbocycles. The van der Waals surface area contributed by atoms with Gasteiger partial charge in [0, 0.05) is 10.7 Å². The molecule has 0 unspecified atom stereocenters. The van der Waals surface area contributed by atoms with Gasteiger partial charge in [0.15, 0.2) is 0 Å². The van der Waals surface area contributed by atoms with Gasteiger partial charge in [-0.25, -0.2) is 18.6 Å². The molecule has 0 aliphatic rings. The second-order valence-electron chi connectivity index (χ2n) is 3.90. The lowest BCUT2D eigenvalue weighted by Gasteiger charge is -2.08. The molecule has 2 aromatic rings. The zero-order valence-corrected chi connectivity index (χ0v) is 11.8. The Morgan fingerprint density at radius 2 is 1.86 bits per heavy atom. The Kier molecular flexibility index (Phi) is 4.27. The number of hydrogen-bond donors (Lipinski definition) is 2. The summed E-state index contributed by atoms with van der Waals surface area (Å²) in [6, 6.07) is 4.42. The van der Waals surface area contributed by atoms with Crippen molar-refractivity contribution < 1.29 is 23.5 Å². The van der Waals surface area contributed by atoms with Crippen LogP contribution in [0.4, 0.5) is 14.6 Å². The molecule has 0 aliphatic heterocycles. The van der Waals surface area contributed by atoms with Gasteiger partial charge in [0.1, 0.15) is 28.6 Å². The fraction of sp³-hybridized carbons (Fsp3) is 0. The van der Waals surface area contributed by atoms with Crippen molar-refractivity contribution in [2.24, 2.45) is 0 Å². The Labute approximate surface area is 125 Å². The van der Waals surface area contributed by atoms with E-state index in [1.165, 1.54) is 18.3 Å². The van der Waals surface area contributed by atoms with Gasteiger partial charge in [-0.1, -0.05) is 15.9 Å². The Bertz CT molecular complexity index is 714. The average Bonchev–Trinajstić information content (AvgIpc) is 2.37. The van der Waals surface area contributed by atoms with Crippen molar-refractivity contribution in [2.75, 3.05) is 5.32 Å². The molecule has 1 aromatic carbocycles. The average molecular weight is 357 g/mol. The smallest absolute Gasteiger partial charge is 0.339 e. The van der Waals surface area contributed by atoms with Crippen LogP contribution in [0.25, 0.3) is 0 Å². The molecule has 0 spiro atoms. The summed E-state index contributed by atoms with van der Waals surface area (Å²) in [6.45, 7) is 0. The monoisotopic (exact) mass is 356 g/mol. The highest BCUT2D eigenvalue weighted by molar-refractivity contribution is 9.10. The largest absolute Gasteiger partial charge is 0.478 e. The van der Waals surface area contributed by atoms with Crippen molar-refractivity contribution >= 4 is 33.6 Å². The van der Waals surface area contributed by atoms with E-state index >= 15 is 0 Å². The Morgan fingerprint density at radius 3 is 2.43 bits per heavy atom. The fourth-order valence-corrected chi connectivity index (χ4v) is 2.01. The lowest BCUT2D eigenvalue weighted by Crippen LogP contribution is -2.18. The van der Waals surface area contributed by atoms with Crippen molar-refractivity contribution in [1.82, 2.24) is 4.98 Å². The number of benzene rings is 1. The normalized spacial score (nSPS) is 10.2. The first kappa shape index (κ1) is 15.0. The first-order chi connectivity index (χ1) is 9.90. The van der Waals surface area contributed by atoms with Gasteiger partial charge in [-0.2, -0.15) is 0 Å². The van der Waals surface area contributed by atoms with Crippen LogP contribution in [-0.4, -0.2) is 22.0 Å². The van der Waals surface area contributed by atoms with Crippen LogP contribution in [0, 0.1) is 11.6 Å². The number of rotatable bonds is 3. The van der Waals surface area contributed by atoms with E-state index in [1.54, 1.807) is 0 Å². The summed E-state index contributed by atoms with van der Waals surface area (Å²) < 4.78 is 27.4. The van der Waals surface area contributed by atoms with Crippen LogP contribution in [0.2, 0.25) is 0 Å². The number of carboxylic acid groups (broad SMARTS) is 1. The lowest BCUT2D eigenvalue weighted by molar-refractivity contribution is 0.0697. The molecule has 108 valence electrons. The minimum absolute atomic E-state index is 0.137. The highest BCUT2D eigenvalue weighted by atomic mass is 79.9. The van der Waals surface area contributed by atoms with Crippen LogP contribution in [0.3, 0.4) is 0 Å². The van der Waals surface area contributed by atoms with E-state index < -0.39 is 29.1 Å². The molecular weight excluding hydrogens is 350 g/mol. The van der Waals surface area contributed by atoms with E-state index in [0.717, 1.165) is 12.1 Å². The third-order valence-electron chi connectivity index (χ3n) is 2.50. The van der Waals surface area contributed by atoms with E-state index in [4.69, 9.17) is 5.11 Å². The SMILES string of the molecule is O=C(O)c1cccnc1NC(=O)c1c(F)cc(Br)cc1F. The summed E-state index contributed by atoms with van der Waals surface area (Å²) in [4.78, 5) is 26.6. The summed E-state index contributed by atoms with van der Waals surface area (Å²) in [6.07, 6.45) is 1.25. The Hall–Kier alpha value is -2.35. The zero-order valence-electron chi connectivity index (χ0n) is 10.2. The minimum atomic E-state index is -1.32. The number of aromatic carboxylic acids is 1. The zero-order chi connectivity index (χ0) is 15.6. The van der Waals surface area contributed by atoms with Crippen LogP contribution < -0.4 is 5.32 Å². The van der Waals surface area contributed by atoms with Crippen molar-refractivity contribution in [1.29, 1.82) is 0 Å². The van der Waals surface area contributed by atoms with Crippen LogP contribution in [0.5, 0.6) is 0 Å². The van der Waals surface area contributed by atoms with Gasteiger partial charge in [-0.15, -0.1) is 0 Å². The topological polar surface area (TPSA) is 79.3 Å². The number of nitrogens with zero attached hydrogens (tertiary/aromatic N) is 1. The van der Waals surface area contributed by atoms with Crippen molar-refractivity contribution in [3.63, 3.8) is 0 Å². The summed E-state index contributed by atoms with van der Waals surface area (Å²) in [5.41, 5.74) is -1.11. The third kappa shape index (κ3) is 3.22. The van der Waals surface area contributed by atoms with Gasteiger partial charge in [-0.05, 0) is 24.3 Å². The van der Waals surface area contributed by atoms with Gasteiger partial charge in [0.2, 0.25) is 0 Å². The van der Waals surface area contributed by atoms with Crippen molar-refractivity contribution in [3.05, 3.63) is 57.7 Å². The highest BCUT2D eigenvalue weighted by Crippen LogP contribution is 2.21. The number of aromatic nitrogens is 1. The second kappa shape index (κ2) is 5.96. The van der Waals surface area contributed by atoms with Crippen LogP contribution in [0.1, 0.15) is 20.7 Å². The summed E-state index contributed by atoms with van der Waals surface area (Å²) in [5, 5.41) is 11.0. The predicted octanol–water partition coefficient (Wildman–Crippen LogP) is 3.07. The van der Waals surface area contributed by atoms with Gasteiger partial charge < -0.3 is 10.4 Å². The van der Waals surface area contributed by atoms with Gasteiger partial charge >= 0.3 is 5.97 Å². The molecule has 2 N–H and O–H groups in total. The number of halogens is 3. The number of carbonyl (C=O) groups is 2. The van der Waals surface area contributed by atoms with Crippen LogP contribution in [-0.2, 0) is 0 Å². The number of carboxylic acids is 1. The van der Waals surface area contributed by atoms with Crippen LogP contribution in [0.15, 0.2) is 34.9 Å². The number of pyridine rings is 1. The summed E-state index contributed by atoms with van der Waals surface area (Å²) in [7, 11) is 0. The van der Waals surface area contributed by atoms with E-state index in [9.17, 15) is 18.4 Å². The third-order valence-corrected chi connectivity index (χ3v) is 2.96. The maximum atomic E-state index is 13.7. The molecule has 1 aromatic heterocycles. The first-order valence-corrected chi connectivity index (χ1v) is 6.33. The molecule has 1 heterocycles. The fourth-order valence-electron chi connectivity index (χ4n) is 1.61. The standard InChI is InChI=1S/C13H7BrF2N2O3/c14-6-4-8(15)10(9(16)5-6)12(19)18-11-7(13(20)21)2-1-3-17-11/h1-5H,(H,20,21)(H,17,18,19). The summed E-state index contributed by atoms with van der Waals surface area (Å²) >= 11 is 2.89. The number of hydrogen-bond acceptors (Lipinski definition) is 3. The molecule has 0 fully saturated rings. The molecule has 0 radical (unpaired) electrons.